The summed E-state index contributed by atoms with van der Waals surface area (Å²) >= 11 is 6.82. The number of alkyl halides is 1. The molecule has 0 aromatic heterocycles. The highest BCUT2D eigenvalue weighted by molar-refractivity contribution is 6.33. The Balaban J connectivity index is 1.52. The maximum atomic E-state index is 12.6. The fourth-order valence-corrected chi connectivity index (χ4v) is 6.11. The van der Waals surface area contributed by atoms with E-state index in [0.29, 0.717) is 12.3 Å². The summed E-state index contributed by atoms with van der Waals surface area (Å²) in [6, 6.07) is 20.9. The molecule has 1 heterocycles. The molecule has 1 aliphatic carbocycles. The van der Waals surface area contributed by atoms with Gasteiger partial charge in [0.15, 0.2) is 0 Å². The molecule has 0 bridgehead atoms. The van der Waals surface area contributed by atoms with E-state index in [0.717, 1.165) is 78.3 Å². The van der Waals surface area contributed by atoms with Crippen LogP contribution in [0.2, 0.25) is 5.02 Å². The molecule has 2 aliphatic rings. The number of rotatable bonds is 8. The number of halogens is 2. The summed E-state index contributed by atoms with van der Waals surface area (Å²) in [6.45, 7) is 4.37. The van der Waals surface area contributed by atoms with Gasteiger partial charge < -0.3 is 16.3 Å². The van der Waals surface area contributed by atoms with Crippen LogP contribution in [0.15, 0.2) is 65.8 Å². The summed E-state index contributed by atoms with van der Waals surface area (Å²) < 4.78 is 18.9. The molecular weight excluding hydrogens is 511 g/mol. The van der Waals surface area contributed by atoms with Gasteiger partial charge in [0, 0.05) is 30.2 Å². The van der Waals surface area contributed by atoms with E-state index in [2.05, 4.69) is 65.5 Å². The normalized spacial score (nSPS) is 18.2. The van der Waals surface area contributed by atoms with Crippen molar-refractivity contribution in [1.29, 1.82) is 0 Å². The lowest BCUT2D eigenvalue weighted by atomic mass is 9.87. The average Bonchev–Trinajstić information content (AvgIpc) is 3.30. The van der Waals surface area contributed by atoms with E-state index in [-0.39, 0.29) is 12.8 Å². The Morgan fingerprint density at radius 2 is 1.87 bits per heavy atom. The van der Waals surface area contributed by atoms with Gasteiger partial charge in [-0.25, -0.2) is 0 Å². The number of hydrazone groups is 1. The van der Waals surface area contributed by atoms with Crippen molar-refractivity contribution >= 4 is 28.6 Å². The molecular formula is C32H36ClFN4O. The van der Waals surface area contributed by atoms with E-state index in [9.17, 15) is 4.39 Å². The minimum atomic E-state index is -0.270. The molecule has 39 heavy (non-hydrogen) atoms. The van der Waals surface area contributed by atoms with Crippen LogP contribution in [-0.2, 0) is 6.42 Å². The maximum Gasteiger partial charge on any atom is 0.150 e. The average molecular weight is 547 g/mol. The highest BCUT2D eigenvalue weighted by Gasteiger charge is 2.25. The van der Waals surface area contributed by atoms with E-state index in [1.807, 2.05) is 12.1 Å². The van der Waals surface area contributed by atoms with Gasteiger partial charge in [-0.15, -0.1) is 0 Å². The predicted octanol–water partition coefficient (Wildman–Crippen LogP) is 6.34. The number of likely N-dealkylation sites (tertiary alicyclic amines) is 1. The summed E-state index contributed by atoms with van der Waals surface area (Å²) in [5, 5.41) is 4.46. The molecule has 1 aliphatic heterocycles. The number of hydrogen-bond acceptors (Lipinski definition) is 4. The second-order valence-electron chi connectivity index (χ2n) is 10.5. The van der Waals surface area contributed by atoms with Crippen molar-refractivity contribution in [3.05, 3.63) is 99.1 Å². The Labute approximate surface area is 235 Å². The summed E-state index contributed by atoms with van der Waals surface area (Å²) in [4.78, 5) is 2.28. The standard InChI is InChI=1S/C32H36ClFN4O/c1-21-6-12-28(30(33)18-21)29-5-2-4-23-19-24(32(35)37-36)9-13-27(23)31(29)22-7-10-25(11-8-22)39-26-14-17-38(20-26)16-3-15-34/h6-13,18-19,26H,2-5,14-17,20,36H2,1H3,(H2,35,37). The second-order valence-corrected chi connectivity index (χ2v) is 10.9. The topological polar surface area (TPSA) is 76.9 Å². The van der Waals surface area contributed by atoms with Crippen LogP contribution >= 0.6 is 11.6 Å². The zero-order valence-electron chi connectivity index (χ0n) is 22.4. The molecule has 1 saturated heterocycles. The van der Waals surface area contributed by atoms with Gasteiger partial charge in [0.25, 0.3) is 0 Å². The van der Waals surface area contributed by atoms with Gasteiger partial charge in [-0.05, 0) is 102 Å². The fourth-order valence-electron chi connectivity index (χ4n) is 5.76. The minimum Gasteiger partial charge on any atom is -0.489 e. The number of amidine groups is 1. The van der Waals surface area contributed by atoms with Crippen LogP contribution in [0, 0.1) is 6.92 Å². The van der Waals surface area contributed by atoms with Crippen molar-refractivity contribution in [1.82, 2.24) is 4.90 Å². The van der Waals surface area contributed by atoms with E-state index >= 15 is 0 Å². The first-order valence-corrected chi connectivity index (χ1v) is 14.1. The van der Waals surface area contributed by atoms with Crippen LogP contribution in [0.5, 0.6) is 5.75 Å². The number of nitrogens with zero attached hydrogens (tertiary/aromatic N) is 2. The summed E-state index contributed by atoms with van der Waals surface area (Å²) in [6.07, 6.45) is 4.47. The summed E-state index contributed by atoms with van der Waals surface area (Å²) in [5.74, 6) is 6.64. The van der Waals surface area contributed by atoms with Gasteiger partial charge in [0.2, 0.25) is 0 Å². The highest BCUT2D eigenvalue weighted by atomic mass is 35.5. The first-order valence-electron chi connectivity index (χ1n) is 13.7. The predicted molar refractivity (Wildman–Crippen MR) is 159 cm³/mol. The van der Waals surface area contributed by atoms with Crippen LogP contribution in [-0.4, -0.2) is 43.1 Å². The molecule has 1 unspecified atom stereocenters. The molecule has 0 saturated carbocycles. The minimum absolute atomic E-state index is 0.128. The van der Waals surface area contributed by atoms with Crippen molar-refractivity contribution < 1.29 is 9.13 Å². The van der Waals surface area contributed by atoms with Crippen molar-refractivity contribution in [2.45, 2.75) is 45.1 Å². The SMILES string of the molecule is Cc1ccc(C2=C(c3ccc(OC4CCN(CCCF)C4)cc3)c3ccc(/C(N)=N/N)cc3CCC2)c(Cl)c1. The lowest BCUT2D eigenvalue weighted by Crippen LogP contribution is -2.26. The molecule has 3 aromatic rings. The van der Waals surface area contributed by atoms with Gasteiger partial charge in [0.1, 0.15) is 17.7 Å². The lowest BCUT2D eigenvalue weighted by molar-refractivity contribution is 0.198. The van der Waals surface area contributed by atoms with Gasteiger partial charge in [-0.2, -0.15) is 5.10 Å². The Kier molecular flexibility index (Phi) is 8.53. The van der Waals surface area contributed by atoms with Gasteiger partial charge in [0.05, 0.1) is 6.67 Å². The zero-order chi connectivity index (χ0) is 27.4. The monoisotopic (exact) mass is 546 g/mol. The highest BCUT2D eigenvalue weighted by Crippen LogP contribution is 2.42. The maximum absolute atomic E-state index is 12.6. The summed E-state index contributed by atoms with van der Waals surface area (Å²) in [7, 11) is 0. The number of allylic oxidation sites excluding steroid dienone is 1. The third-order valence-electron chi connectivity index (χ3n) is 7.72. The van der Waals surface area contributed by atoms with Gasteiger partial charge >= 0.3 is 0 Å². The first-order chi connectivity index (χ1) is 19.0. The van der Waals surface area contributed by atoms with Crippen molar-refractivity contribution in [2.75, 3.05) is 26.3 Å². The van der Waals surface area contributed by atoms with E-state index in [1.165, 1.54) is 22.3 Å². The van der Waals surface area contributed by atoms with Gasteiger partial charge in [-0.3, -0.25) is 9.29 Å². The van der Waals surface area contributed by atoms with Crippen LogP contribution in [0.4, 0.5) is 4.39 Å². The molecule has 5 rings (SSSR count). The van der Waals surface area contributed by atoms with E-state index in [1.54, 1.807) is 0 Å². The Bertz CT molecular complexity index is 1390. The molecule has 5 nitrogen and oxygen atoms in total. The number of nitrogens with two attached hydrogens (primary N) is 2. The molecule has 204 valence electrons. The molecule has 0 spiro atoms. The Morgan fingerprint density at radius 1 is 1.08 bits per heavy atom. The smallest absolute Gasteiger partial charge is 0.150 e. The number of ether oxygens (including phenoxy) is 1. The van der Waals surface area contributed by atoms with Crippen LogP contribution in [0.25, 0.3) is 11.1 Å². The number of fused-ring (bicyclic) bond motifs is 1. The third kappa shape index (κ3) is 6.13. The Hall–Kier alpha value is -3.35. The number of hydrogen-bond donors (Lipinski definition) is 2. The van der Waals surface area contributed by atoms with E-state index in [4.69, 9.17) is 27.9 Å². The zero-order valence-corrected chi connectivity index (χ0v) is 23.2. The Morgan fingerprint density at radius 3 is 2.62 bits per heavy atom. The van der Waals surface area contributed by atoms with E-state index < -0.39 is 0 Å². The number of aryl methyl sites for hydroxylation is 2. The van der Waals surface area contributed by atoms with Crippen molar-refractivity contribution in [3.8, 4) is 5.75 Å². The molecule has 0 radical (unpaired) electrons. The summed E-state index contributed by atoms with van der Waals surface area (Å²) in [5.41, 5.74) is 15.0. The molecule has 1 fully saturated rings. The lowest BCUT2D eigenvalue weighted by Gasteiger charge is -2.19. The quantitative estimate of drug-likeness (QED) is 0.150. The molecule has 3 aromatic carbocycles. The molecule has 4 N–H and O–H groups in total. The molecule has 0 amide bonds. The molecule has 1 atom stereocenters. The van der Waals surface area contributed by atoms with Crippen molar-refractivity contribution in [2.24, 2.45) is 16.7 Å². The third-order valence-corrected chi connectivity index (χ3v) is 8.03. The largest absolute Gasteiger partial charge is 0.489 e. The molecule has 7 heteroatoms. The van der Waals surface area contributed by atoms with Crippen LogP contribution in [0.3, 0.4) is 0 Å². The van der Waals surface area contributed by atoms with Crippen LogP contribution < -0.4 is 16.3 Å². The number of benzene rings is 3. The second kappa shape index (κ2) is 12.2. The van der Waals surface area contributed by atoms with Gasteiger partial charge in [-0.1, -0.05) is 48.0 Å². The van der Waals surface area contributed by atoms with Crippen molar-refractivity contribution in [3.63, 3.8) is 0 Å². The fraction of sp³-hybridized carbons (Fsp3) is 0.344. The first kappa shape index (κ1) is 27.2. The van der Waals surface area contributed by atoms with Crippen LogP contribution in [0.1, 0.15) is 59.1 Å².